The second-order valence-corrected chi connectivity index (χ2v) is 4.61. The van der Waals surface area contributed by atoms with Gasteiger partial charge >= 0.3 is 0 Å². The van der Waals surface area contributed by atoms with Crippen LogP contribution in [0.15, 0.2) is 18.2 Å². The number of carbonyl (C=O) groups is 1. The Balaban J connectivity index is 2.92. The second-order valence-electron chi connectivity index (χ2n) is 4.61. The Bertz CT molecular complexity index is 359. The van der Waals surface area contributed by atoms with E-state index < -0.39 is 5.54 Å². The molecule has 0 spiro atoms. The van der Waals surface area contributed by atoms with Gasteiger partial charge in [0.15, 0.2) is 5.78 Å². The van der Waals surface area contributed by atoms with E-state index in [9.17, 15) is 9.18 Å². The molecule has 0 heterocycles. The molecule has 0 bridgehead atoms. The summed E-state index contributed by atoms with van der Waals surface area (Å²) in [5, 5.41) is 0. The molecule has 15 heavy (non-hydrogen) atoms. The molecule has 1 aromatic rings. The zero-order valence-corrected chi connectivity index (χ0v) is 9.30. The van der Waals surface area contributed by atoms with Gasteiger partial charge in [0.05, 0.1) is 0 Å². The molecule has 0 aliphatic carbocycles. The standard InChI is InChI=1S/C12H16FNO/c1-8-4-9(6-10(13)5-8)11(15)7-12(2,3)14/h4-6H,7,14H2,1-3H3. The molecule has 0 aromatic heterocycles. The molecule has 1 rings (SSSR count). The van der Waals surface area contributed by atoms with Gasteiger partial charge in [-0.1, -0.05) is 0 Å². The Morgan fingerprint density at radius 2 is 2.00 bits per heavy atom. The minimum atomic E-state index is -0.558. The first-order valence-corrected chi connectivity index (χ1v) is 4.87. The molecule has 0 aliphatic heterocycles. The van der Waals surface area contributed by atoms with Gasteiger partial charge in [0.1, 0.15) is 5.82 Å². The fourth-order valence-electron chi connectivity index (χ4n) is 1.41. The molecule has 0 unspecified atom stereocenters. The van der Waals surface area contributed by atoms with Gasteiger partial charge in [-0.15, -0.1) is 0 Å². The van der Waals surface area contributed by atoms with E-state index in [-0.39, 0.29) is 18.0 Å². The van der Waals surface area contributed by atoms with Crippen LogP contribution in [0, 0.1) is 12.7 Å². The van der Waals surface area contributed by atoms with E-state index in [0.29, 0.717) is 5.56 Å². The summed E-state index contributed by atoms with van der Waals surface area (Å²) in [5.74, 6) is -0.502. The van der Waals surface area contributed by atoms with Gasteiger partial charge in [0.2, 0.25) is 0 Å². The normalized spacial score (nSPS) is 11.5. The highest BCUT2D eigenvalue weighted by Gasteiger charge is 2.18. The van der Waals surface area contributed by atoms with Crippen LogP contribution in [0.25, 0.3) is 0 Å². The Labute approximate surface area is 89.3 Å². The molecular weight excluding hydrogens is 193 g/mol. The average Bonchev–Trinajstić information content (AvgIpc) is 1.98. The lowest BCUT2D eigenvalue weighted by atomic mass is 9.95. The van der Waals surface area contributed by atoms with Crippen molar-refractivity contribution < 1.29 is 9.18 Å². The Kier molecular flexibility index (Phi) is 3.25. The fourth-order valence-corrected chi connectivity index (χ4v) is 1.41. The SMILES string of the molecule is Cc1cc(F)cc(C(=O)CC(C)(C)N)c1. The first-order chi connectivity index (χ1) is 6.78. The topological polar surface area (TPSA) is 43.1 Å². The number of benzene rings is 1. The number of halogens is 1. The van der Waals surface area contributed by atoms with Crippen molar-refractivity contribution in [2.45, 2.75) is 32.7 Å². The van der Waals surface area contributed by atoms with Gasteiger partial charge in [-0.3, -0.25) is 4.79 Å². The molecule has 2 N–H and O–H groups in total. The van der Waals surface area contributed by atoms with E-state index in [1.165, 1.54) is 12.1 Å². The predicted molar refractivity (Wildman–Crippen MR) is 58.4 cm³/mol. The molecule has 82 valence electrons. The van der Waals surface area contributed by atoms with Crippen molar-refractivity contribution in [1.82, 2.24) is 0 Å². The molecule has 0 amide bonds. The third-order valence-corrected chi connectivity index (χ3v) is 1.98. The highest BCUT2D eigenvalue weighted by Crippen LogP contribution is 2.14. The largest absolute Gasteiger partial charge is 0.325 e. The number of hydrogen-bond acceptors (Lipinski definition) is 2. The van der Waals surface area contributed by atoms with Crippen molar-refractivity contribution in [3.05, 3.63) is 35.1 Å². The van der Waals surface area contributed by atoms with Crippen molar-refractivity contribution in [2.75, 3.05) is 0 Å². The molecule has 0 radical (unpaired) electrons. The molecule has 0 atom stereocenters. The van der Waals surface area contributed by atoms with Crippen LogP contribution in [0.4, 0.5) is 4.39 Å². The molecule has 0 aliphatic rings. The van der Waals surface area contributed by atoms with Crippen molar-refractivity contribution in [2.24, 2.45) is 5.73 Å². The van der Waals surface area contributed by atoms with E-state index in [0.717, 1.165) is 5.56 Å². The second kappa shape index (κ2) is 4.11. The molecule has 3 heteroatoms. The zero-order valence-electron chi connectivity index (χ0n) is 9.30. The summed E-state index contributed by atoms with van der Waals surface area (Å²) in [6.45, 7) is 5.31. The van der Waals surface area contributed by atoms with Crippen molar-refractivity contribution in [3.8, 4) is 0 Å². The van der Waals surface area contributed by atoms with E-state index in [2.05, 4.69) is 0 Å². The quantitative estimate of drug-likeness (QED) is 0.777. The lowest BCUT2D eigenvalue weighted by Gasteiger charge is -2.17. The smallest absolute Gasteiger partial charge is 0.164 e. The van der Waals surface area contributed by atoms with Crippen molar-refractivity contribution in [1.29, 1.82) is 0 Å². The number of hydrogen-bond donors (Lipinski definition) is 1. The number of nitrogens with two attached hydrogens (primary N) is 1. The molecule has 1 aromatic carbocycles. The van der Waals surface area contributed by atoms with Gasteiger partial charge in [-0.25, -0.2) is 4.39 Å². The number of Topliss-reactive ketones (excluding diaryl/α,β-unsaturated/α-hetero) is 1. The van der Waals surface area contributed by atoms with E-state index in [4.69, 9.17) is 5.73 Å². The maximum absolute atomic E-state index is 13.0. The van der Waals surface area contributed by atoms with E-state index in [1.807, 2.05) is 0 Å². The molecule has 2 nitrogen and oxygen atoms in total. The van der Waals surface area contributed by atoms with Crippen LogP contribution in [0.5, 0.6) is 0 Å². The minimum absolute atomic E-state index is 0.120. The summed E-state index contributed by atoms with van der Waals surface area (Å²) in [4.78, 5) is 11.7. The third-order valence-electron chi connectivity index (χ3n) is 1.98. The Hall–Kier alpha value is -1.22. The maximum Gasteiger partial charge on any atom is 0.164 e. The van der Waals surface area contributed by atoms with Crippen LogP contribution in [-0.2, 0) is 0 Å². The summed E-state index contributed by atoms with van der Waals surface area (Å²) in [7, 11) is 0. The molecule has 0 fully saturated rings. The van der Waals surface area contributed by atoms with Gasteiger partial charge in [0.25, 0.3) is 0 Å². The number of carbonyl (C=O) groups excluding carboxylic acids is 1. The average molecular weight is 209 g/mol. The summed E-state index contributed by atoms with van der Waals surface area (Å²) in [6.07, 6.45) is 0.218. The van der Waals surface area contributed by atoms with Crippen LogP contribution < -0.4 is 5.73 Å². The highest BCUT2D eigenvalue weighted by atomic mass is 19.1. The first-order valence-electron chi connectivity index (χ1n) is 4.87. The Morgan fingerprint density at radius 3 is 2.47 bits per heavy atom. The summed E-state index contributed by atoms with van der Waals surface area (Å²) >= 11 is 0. The van der Waals surface area contributed by atoms with Crippen LogP contribution in [0.2, 0.25) is 0 Å². The fraction of sp³-hybridized carbons (Fsp3) is 0.417. The van der Waals surface area contributed by atoms with Crippen molar-refractivity contribution in [3.63, 3.8) is 0 Å². The Morgan fingerprint density at radius 1 is 1.40 bits per heavy atom. The van der Waals surface area contributed by atoms with E-state index >= 15 is 0 Å². The monoisotopic (exact) mass is 209 g/mol. The highest BCUT2D eigenvalue weighted by molar-refractivity contribution is 5.96. The van der Waals surface area contributed by atoms with Gasteiger partial charge in [-0.05, 0) is 44.5 Å². The third kappa shape index (κ3) is 3.80. The predicted octanol–water partition coefficient (Wildman–Crippen LogP) is 2.44. The maximum atomic E-state index is 13.0. The van der Waals surface area contributed by atoms with Gasteiger partial charge < -0.3 is 5.73 Å². The first kappa shape index (κ1) is 11.9. The number of rotatable bonds is 3. The lowest BCUT2D eigenvalue weighted by Crippen LogP contribution is -2.34. The van der Waals surface area contributed by atoms with Crippen LogP contribution in [0.1, 0.15) is 36.2 Å². The number of ketones is 1. The summed E-state index contributed by atoms with van der Waals surface area (Å²) in [5.41, 5.74) is 6.32. The summed E-state index contributed by atoms with van der Waals surface area (Å²) in [6, 6.07) is 4.32. The van der Waals surface area contributed by atoms with Crippen LogP contribution >= 0.6 is 0 Å². The van der Waals surface area contributed by atoms with Gasteiger partial charge in [0, 0.05) is 17.5 Å². The van der Waals surface area contributed by atoms with Gasteiger partial charge in [-0.2, -0.15) is 0 Å². The zero-order chi connectivity index (χ0) is 11.6. The van der Waals surface area contributed by atoms with Crippen LogP contribution in [-0.4, -0.2) is 11.3 Å². The lowest BCUT2D eigenvalue weighted by molar-refractivity contribution is 0.0960. The molecule has 0 saturated heterocycles. The molecule has 0 saturated carbocycles. The van der Waals surface area contributed by atoms with Crippen molar-refractivity contribution >= 4 is 5.78 Å². The van der Waals surface area contributed by atoms with E-state index in [1.54, 1.807) is 26.8 Å². The molecular formula is C12H16FNO. The van der Waals surface area contributed by atoms with Crippen LogP contribution in [0.3, 0.4) is 0 Å². The minimum Gasteiger partial charge on any atom is -0.325 e. The summed E-state index contributed by atoms with van der Waals surface area (Å²) < 4.78 is 13.0. The number of aryl methyl sites for hydroxylation is 1.